The van der Waals surface area contributed by atoms with Crippen molar-refractivity contribution in [2.24, 2.45) is 0 Å². The second-order valence-corrected chi connectivity index (χ2v) is 4.02. The first-order valence-electron chi connectivity index (χ1n) is 5.39. The highest BCUT2D eigenvalue weighted by Gasteiger charge is 2.24. The lowest BCUT2D eigenvalue weighted by Crippen LogP contribution is -2.22. The molecule has 3 heteroatoms. The van der Waals surface area contributed by atoms with E-state index in [1.165, 1.54) is 18.4 Å². The Labute approximate surface area is 89.7 Å². The van der Waals surface area contributed by atoms with Crippen LogP contribution in [-0.2, 0) is 0 Å². The highest BCUT2D eigenvalue weighted by molar-refractivity contribution is 5.95. The van der Waals surface area contributed by atoms with Crippen molar-refractivity contribution >= 4 is 11.6 Å². The van der Waals surface area contributed by atoms with Gasteiger partial charge in [-0.25, -0.2) is 0 Å². The normalized spacial score (nSPS) is 15.0. The fraction of sp³-hybridized carbons (Fsp3) is 0.417. The van der Waals surface area contributed by atoms with E-state index in [-0.39, 0.29) is 5.91 Å². The van der Waals surface area contributed by atoms with Crippen molar-refractivity contribution in [2.75, 3.05) is 12.3 Å². The molecule has 0 atom stereocenters. The Hall–Kier alpha value is -1.51. The number of benzene rings is 1. The van der Waals surface area contributed by atoms with Crippen molar-refractivity contribution in [1.82, 2.24) is 5.32 Å². The van der Waals surface area contributed by atoms with E-state index in [4.69, 9.17) is 5.73 Å². The second-order valence-electron chi connectivity index (χ2n) is 4.02. The first-order chi connectivity index (χ1) is 7.20. The van der Waals surface area contributed by atoms with Crippen LogP contribution in [0.1, 0.15) is 41.6 Å². The standard InChI is InChI=1S/C12H16N2O/c1-2-14-12(15)10-5-9(8-3-4-8)6-11(13)7-10/h5-8H,2-4,13H2,1H3,(H,14,15). The van der Waals surface area contributed by atoms with Crippen molar-refractivity contribution in [3.8, 4) is 0 Å². The van der Waals surface area contributed by atoms with E-state index in [0.29, 0.717) is 23.7 Å². The molecular weight excluding hydrogens is 188 g/mol. The fourth-order valence-corrected chi connectivity index (χ4v) is 1.72. The van der Waals surface area contributed by atoms with E-state index in [1.54, 1.807) is 6.07 Å². The Balaban J connectivity index is 2.26. The summed E-state index contributed by atoms with van der Waals surface area (Å²) in [6.45, 7) is 2.55. The molecule has 1 amide bonds. The molecule has 1 aliphatic rings. The number of carbonyl (C=O) groups excluding carboxylic acids is 1. The molecule has 0 aliphatic heterocycles. The number of rotatable bonds is 3. The van der Waals surface area contributed by atoms with Gasteiger partial charge in [0.2, 0.25) is 0 Å². The van der Waals surface area contributed by atoms with Gasteiger partial charge in [-0.3, -0.25) is 4.79 Å². The van der Waals surface area contributed by atoms with Crippen LogP contribution < -0.4 is 11.1 Å². The molecule has 15 heavy (non-hydrogen) atoms. The summed E-state index contributed by atoms with van der Waals surface area (Å²) in [5, 5.41) is 2.78. The Morgan fingerprint density at radius 1 is 1.47 bits per heavy atom. The van der Waals surface area contributed by atoms with Gasteiger partial charge in [0.15, 0.2) is 0 Å². The van der Waals surface area contributed by atoms with E-state index in [2.05, 4.69) is 5.32 Å². The van der Waals surface area contributed by atoms with Crippen LogP contribution in [-0.4, -0.2) is 12.5 Å². The largest absolute Gasteiger partial charge is 0.399 e. The minimum absolute atomic E-state index is 0.0355. The van der Waals surface area contributed by atoms with Crippen molar-refractivity contribution in [2.45, 2.75) is 25.7 Å². The average Bonchev–Trinajstić information content (AvgIpc) is 3.00. The monoisotopic (exact) mass is 204 g/mol. The van der Waals surface area contributed by atoms with Crippen molar-refractivity contribution in [1.29, 1.82) is 0 Å². The van der Waals surface area contributed by atoms with Gasteiger partial charge in [0.25, 0.3) is 5.91 Å². The zero-order valence-corrected chi connectivity index (χ0v) is 8.92. The number of nitrogens with one attached hydrogen (secondary N) is 1. The summed E-state index contributed by atoms with van der Waals surface area (Å²) in [6.07, 6.45) is 2.44. The minimum atomic E-state index is -0.0355. The third kappa shape index (κ3) is 2.29. The number of hydrogen-bond donors (Lipinski definition) is 2. The third-order valence-electron chi connectivity index (χ3n) is 2.63. The Kier molecular flexibility index (Phi) is 2.62. The highest BCUT2D eigenvalue weighted by Crippen LogP contribution is 2.40. The zero-order chi connectivity index (χ0) is 10.8. The summed E-state index contributed by atoms with van der Waals surface area (Å²) in [5.74, 6) is 0.591. The molecule has 1 saturated carbocycles. The summed E-state index contributed by atoms with van der Waals surface area (Å²) < 4.78 is 0. The molecule has 0 aromatic heterocycles. The maximum atomic E-state index is 11.6. The predicted molar refractivity (Wildman–Crippen MR) is 60.8 cm³/mol. The molecule has 0 radical (unpaired) electrons. The van der Waals surface area contributed by atoms with Crippen LogP contribution in [0.15, 0.2) is 18.2 Å². The number of anilines is 1. The fourth-order valence-electron chi connectivity index (χ4n) is 1.72. The molecule has 2 rings (SSSR count). The van der Waals surface area contributed by atoms with Gasteiger partial charge in [-0.05, 0) is 49.4 Å². The van der Waals surface area contributed by atoms with Gasteiger partial charge in [-0.15, -0.1) is 0 Å². The van der Waals surface area contributed by atoms with Crippen molar-refractivity contribution in [3.63, 3.8) is 0 Å². The summed E-state index contributed by atoms with van der Waals surface area (Å²) in [4.78, 5) is 11.6. The first kappa shape index (κ1) is 10.0. The Bertz CT molecular complexity index is 383. The van der Waals surface area contributed by atoms with E-state index in [0.717, 1.165) is 0 Å². The summed E-state index contributed by atoms with van der Waals surface area (Å²) in [5.41, 5.74) is 8.34. The van der Waals surface area contributed by atoms with Gasteiger partial charge in [0, 0.05) is 17.8 Å². The van der Waals surface area contributed by atoms with Gasteiger partial charge in [-0.1, -0.05) is 0 Å². The maximum absolute atomic E-state index is 11.6. The van der Waals surface area contributed by atoms with Crippen LogP contribution in [0, 0.1) is 0 Å². The van der Waals surface area contributed by atoms with Gasteiger partial charge < -0.3 is 11.1 Å². The Morgan fingerprint density at radius 2 is 2.20 bits per heavy atom. The minimum Gasteiger partial charge on any atom is -0.399 e. The average molecular weight is 204 g/mol. The number of amides is 1. The van der Waals surface area contributed by atoms with Crippen molar-refractivity contribution in [3.05, 3.63) is 29.3 Å². The lowest BCUT2D eigenvalue weighted by molar-refractivity contribution is 0.0956. The molecule has 1 aliphatic carbocycles. The van der Waals surface area contributed by atoms with Gasteiger partial charge in [-0.2, -0.15) is 0 Å². The molecule has 0 saturated heterocycles. The molecule has 80 valence electrons. The van der Waals surface area contributed by atoms with Crippen molar-refractivity contribution < 1.29 is 4.79 Å². The SMILES string of the molecule is CCNC(=O)c1cc(N)cc(C2CC2)c1. The maximum Gasteiger partial charge on any atom is 0.251 e. The molecular formula is C12H16N2O. The van der Waals surface area contributed by atoms with Crippen LogP contribution in [0.2, 0.25) is 0 Å². The quantitative estimate of drug-likeness (QED) is 0.739. The van der Waals surface area contributed by atoms with Gasteiger partial charge in [0.05, 0.1) is 0 Å². The number of nitrogens with two attached hydrogens (primary N) is 1. The van der Waals surface area contributed by atoms with E-state index >= 15 is 0 Å². The number of nitrogen functional groups attached to an aromatic ring is 1. The summed E-state index contributed by atoms with van der Waals surface area (Å²) in [7, 11) is 0. The summed E-state index contributed by atoms with van der Waals surface area (Å²) >= 11 is 0. The number of carbonyl (C=O) groups is 1. The van der Waals surface area contributed by atoms with Crippen LogP contribution in [0.4, 0.5) is 5.69 Å². The van der Waals surface area contributed by atoms with Crippen LogP contribution >= 0.6 is 0 Å². The molecule has 1 fully saturated rings. The van der Waals surface area contributed by atoms with Crippen LogP contribution in [0.25, 0.3) is 0 Å². The number of hydrogen-bond acceptors (Lipinski definition) is 2. The smallest absolute Gasteiger partial charge is 0.251 e. The van der Waals surface area contributed by atoms with Gasteiger partial charge >= 0.3 is 0 Å². The molecule has 0 unspecified atom stereocenters. The van der Waals surface area contributed by atoms with Gasteiger partial charge in [0.1, 0.15) is 0 Å². The molecule has 3 N–H and O–H groups in total. The van der Waals surface area contributed by atoms with Crippen LogP contribution in [0.3, 0.4) is 0 Å². The highest BCUT2D eigenvalue weighted by atomic mass is 16.1. The molecule has 0 heterocycles. The Morgan fingerprint density at radius 3 is 2.80 bits per heavy atom. The van der Waals surface area contributed by atoms with E-state index in [1.807, 2.05) is 19.1 Å². The van der Waals surface area contributed by atoms with E-state index in [9.17, 15) is 4.79 Å². The lowest BCUT2D eigenvalue weighted by Gasteiger charge is -2.06. The van der Waals surface area contributed by atoms with E-state index < -0.39 is 0 Å². The molecule has 1 aromatic carbocycles. The molecule has 0 spiro atoms. The predicted octanol–water partition coefficient (Wildman–Crippen LogP) is 1.90. The first-order valence-corrected chi connectivity index (χ1v) is 5.39. The zero-order valence-electron chi connectivity index (χ0n) is 8.92. The molecule has 3 nitrogen and oxygen atoms in total. The molecule has 0 bridgehead atoms. The summed E-state index contributed by atoms with van der Waals surface area (Å²) in [6, 6.07) is 5.66. The van der Waals surface area contributed by atoms with Crippen LogP contribution in [0.5, 0.6) is 0 Å². The molecule has 1 aromatic rings. The topological polar surface area (TPSA) is 55.1 Å². The second kappa shape index (κ2) is 3.93. The third-order valence-corrected chi connectivity index (χ3v) is 2.63. The lowest BCUT2D eigenvalue weighted by atomic mass is 10.1.